The monoisotopic (exact) mass is 231 g/mol. The van der Waals surface area contributed by atoms with Crippen molar-refractivity contribution in [1.82, 2.24) is 10.1 Å². The van der Waals surface area contributed by atoms with Gasteiger partial charge in [-0.15, -0.1) is 0 Å². The number of rotatable bonds is 2. The zero-order valence-corrected chi connectivity index (χ0v) is 9.71. The lowest BCUT2D eigenvalue weighted by Gasteiger charge is -2.03. The fraction of sp³-hybridized carbons (Fsp3) is 0.182. The van der Waals surface area contributed by atoms with Gasteiger partial charge >= 0.3 is 0 Å². The molecule has 2 aromatic rings. The van der Waals surface area contributed by atoms with Crippen molar-refractivity contribution in [3.05, 3.63) is 29.9 Å². The number of hydrogen-bond donors (Lipinski definition) is 0. The fourth-order valence-electron chi connectivity index (χ4n) is 1.58. The Morgan fingerprint density at radius 1 is 1.44 bits per heavy atom. The minimum Gasteiger partial charge on any atom is -0.361 e. The Morgan fingerprint density at radius 3 is 2.88 bits per heavy atom. The van der Waals surface area contributed by atoms with E-state index in [2.05, 4.69) is 15.5 Å². The highest BCUT2D eigenvalue weighted by Crippen LogP contribution is 2.33. The summed E-state index contributed by atoms with van der Waals surface area (Å²) in [6.45, 7) is 3.74. The van der Waals surface area contributed by atoms with Crippen LogP contribution in [0.2, 0.25) is 0 Å². The molecule has 2 heterocycles. The van der Waals surface area contributed by atoms with Crippen LogP contribution in [0.25, 0.3) is 11.1 Å². The summed E-state index contributed by atoms with van der Waals surface area (Å²) < 4.78 is 5.12. The zero-order chi connectivity index (χ0) is 11.5. The SMILES string of the molecule is Cc1noc(C)c1-c1ccncc1SC#N. The van der Waals surface area contributed by atoms with E-state index in [-0.39, 0.29) is 0 Å². The van der Waals surface area contributed by atoms with Crippen molar-refractivity contribution < 1.29 is 4.52 Å². The van der Waals surface area contributed by atoms with E-state index in [0.29, 0.717) is 0 Å². The molecule has 0 atom stereocenters. The predicted octanol–water partition coefficient (Wildman–Crippen LogP) is 2.93. The molecule has 2 rings (SSSR count). The lowest BCUT2D eigenvalue weighted by atomic mass is 10.1. The van der Waals surface area contributed by atoms with Crippen LogP contribution in [-0.2, 0) is 0 Å². The molecule has 16 heavy (non-hydrogen) atoms. The minimum atomic E-state index is 0.753. The van der Waals surface area contributed by atoms with Gasteiger partial charge in [-0.25, -0.2) is 0 Å². The molecule has 5 heteroatoms. The van der Waals surface area contributed by atoms with Crippen LogP contribution in [0.4, 0.5) is 0 Å². The van der Waals surface area contributed by atoms with Gasteiger partial charge in [-0.05, 0) is 31.7 Å². The number of aromatic nitrogens is 2. The Hall–Kier alpha value is -1.80. The van der Waals surface area contributed by atoms with Crippen LogP contribution in [-0.4, -0.2) is 10.1 Å². The molecule has 0 aliphatic heterocycles. The molecule has 0 amide bonds. The van der Waals surface area contributed by atoms with Gasteiger partial charge in [-0.3, -0.25) is 4.98 Å². The summed E-state index contributed by atoms with van der Waals surface area (Å²) >= 11 is 1.09. The molecular formula is C11H9N3OS. The Labute approximate surface area is 97.3 Å². The normalized spacial score (nSPS) is 10.1. The van der Waals surface area contributed by atoms with Crippen LogP contribution in [0.3, 0.4) is 0 Å². The molecule has 80 valence electrons. The maximum Gasteiger partial charge on any atom is 0.141 e. The number of nitriles is 1. The van der Waals surface area contributed by atoms with Crippen molar-refractivity contribution in [1.29, 1.82) is 5.26 Å². The average molecular weight is 231 g/mol. The van der Waals surface area contributed by atoms with Crippen LogP contribution in [0.5, 0.6) is 0 Å². The van der Waals surface area contributed by atoms with Gasteiger partial charge in [0.05, 0.1) is 5.69 Å². The lowest BCUT2D eigenvalue weighted by Crippen LogP contribution is -1.86. The topological polar surface area (TPSA) is 62.7 Å². The summed E-state index contributed by atoms with van der Waals surface area (Å²) in [5.74, 6) is 0.753. The van der Waals surface area contributed by atoms with Crippen molar-refractivity contribution >= 4 is 11.8 Å². The highest BCUT2D eigenvalue weighted by atomic mass is 32.2. The van der Waals surface area contributed by atoms with Gasteiger partial charge in [-0.2, -0.15) is 5.26 Å². The minimum absolute atomic E-state index is 0.753. The van der Waals surface area contributed by atoms with E-state index in [1.807, 2.05) is 19.9 Å². The van der Waals surface area contributed by atoms with Gasteiger partial charge in [0.25, 0.3) is 0 Å². The average Bonchev–Trinajstić information content (AvgIpc) is 2.60. The van der Waals surface area contributed by atoms with Crippen molar-refractivity contribution in [2.75, 3.05) is 0 Å². The second kappa shape index (κ2) is 4.37. The molecule has 0 radical (unpaired) electrons. The van der Waals surface area contributed by atoms with Crippen LogP contribution in [0, 0.1) is 24.5 Å². The molecule has 0 bridgehead atoms. The van der Waals surface area contributed by atoms with Gasteiger partial charge in [0, 0.05) is 28.4 Å². The first-order valence-electron chi connectivity index (χ1n) is 4.67. The first kappa shape index (κ1) is 10.7. The van der Waals surface area contributed by atoms with Gasteiger partial charge in [0.15, 0.2) is 0 Å². The maximum atomic E-state index is 8.73. The van der Waals surface area contributed by atoms with Gasteiger partial charge in [0.1, 0.15) is 11.2 Å². The molecule has 0 saturated heterocycles. The molecule has 0 fully saturated rings. The molecular weight excluding hydrogens is 222 g/mol. The molecule has 2 aromatic heterocycles. The molecule has 4 nitrogen and oxygen atoms in total. The van der Waals surface area contributed by atoms with E-state index >= 15 is 0 Å². The Bertz CT molecular complexity index is 537. The maximum absolute atomic E-state index is 8.73. The molecule has 0 saturated carbocycles. The second-order valence-electron chi connectivity index (χ2n) is 3.26. The highest BCUT2D eigenvalue weighted by molar-refractivity contribution is 8.03. The third kappa shape index (κ3) is 1.79. The summed E-state index contributed by atoms with van der Waals surface area (Å²) in [6.07, 6.45) is 3.37. The highest BCUT2D eigenvalue weighted by Gasteiger charge is 2.15. The molecule has 0 unspecified atom stereocenters. The Kier molecular flexibility index (Phi) is 2.93. The van der Waals surface area contributed by atoms with Crippen LogP contribution >= 0.6 is 11.8 Å². The summed E-state index contributed by atoms with van der Waals surface area (Å²) in [4.78, 5) is 4.83. The number of aryl methyl sites for hydroxylation is 2. The van der Waals surface area contributed by atoms with E-state index in [4.69, 9.17) is 9.78 Å². The van der Waals surface area contributed by atoms with E-state index in [9.17, 15) is 0 Å². The van der Waals surface area contributed by atoms with Crippen molar-refractivity contribution in [3.8, 4) is 16.5 Å². The molecule has 0 spiro atoms. The van der Waals surface area contributed by atoms with E-state index in [0.717, 1.165) is 39.2 Å². The van der Waals surface area contributed by atoms with Gasteiger partial charge in [-0.1, -0.05) is 5.16 Å². The standard InChI is InChI=1S/C11H9N3OS/c1-7-11(8(2)15-14-7)9-3-4-13-5-10(9)16-6-12/h3-5H,1-2H3. The van der Waals surface area contributed by atoms with E-state index in [1.54, 1.807) is 12.4 Å². The first-order chi connectivity index (χ1) is 7.74. The first-order valence-corrected chi connectivity index (χ1v) is 5.49. The lowest BCUT2D eigenvalue weighted by molar-refractivity contribution is 0.393. The summed E-state index contributed by atoms with van der Waals surface area (Å²) in [5, 5.41) is 14.7. The van der Waals surface area contributed by atoms with Gasteiger partial charge < -0.3 is 4.52 Å². The third-order valence-corrected chi connectivity index (χ3v) is 2.88. The quantitative estimate of drug-likeness (QED) is 0.587. The van der Waals surface area contributed by atoms with Crippen LogP contribution in [0.1, 0.15) is 11.5 Å². The van der Waals surface area contributed by atoms with Crippen LogP contribution < -0.4 is 0 Å². The summed E-state index contributed by atoms with van der Waals surface area (Å²) in [6, 6.07) is 1.87. The van der Waals surface area contributed by atoms with Crippen molar-refractivity contribution in [2.24, 2.45) is 0 Å². The molecule has 0 aromatic carbocycles. The Balaban J connectivity index is 2.60. The summed E-state index contributed by atoms with van der Waals surface area (Å²) in [7, 11) is 0. The number of nitrogens with zero attached hydrogens (tertiary/aromatic N) is 3. The molecule has 0 aliphatic carbocycles. The van der Waals surface area contributed by atoms with Crippen LogP contribution in [0.15, 0.2) is 27.9 Å². The second-order valence-corrected chi connectivity index (χ2v) is 4.09. The van der Waals surface area contributed by atoms with E-state index < -0.39 is 0 Å². The number of pyridine rings is 1. The number of hydrogen-bond acceptors (Lipinski definition) is 5. The summed E-state index contributed by atoms with van der Waals surface area (Å²) in [5.41, 5.74) is 2.71. The van der Waals surface area contributed by atoms with Crippen molar-refractivity contribution in [2.45, 2.75) is 18.7 Å². The number of thioether (sulfide) groups is 1. The van der Waals surface area contributed by atoms with Crippen molar-refractivity contribution in [3.63, 3.8) is 0 Å². The fourth-order valence-corrected chi connectivity index (χ4v) is 2.08. The number of thiocyanates is 1. The predicted molar refractivity (Wildman–Crippen MR) is 60.7 cm³/mol. The third-order valence-electron chi connectivity index (χ3n) is 2.24. The van der Waals surface area contributed by atoms with E-state index in [1.165, 1.54) is 0 Å². The van der Waals surface area contributed by atoms with Gasteiger partial charge in [0.2, 0.25) is 0 Å². The largest absolute Gasteiger partial charge is 0.361 e. The Morgan fingerprint density at radius 2 is 2.25 bits per heavy atom. The molecule has 0 N–H and O–H groups in total. The molecule has 0 aliphatic rings. The zero-order valence-electron chi connectivity index (χ0n) is 8.89. The smallest absolute Gasteiger partial charge is 0.141 e.